The smallest absolute Gasteiger partial charge is 0.251 e. The van der Waals surface area contributed by atoms with Crippen LogP contribution < -0.4 is 16.6 Å². The molecular formula is C11H20N4O3. The average Bonchev–Trinajstić information content (AvgIpc) is 2.30. The quantitative estimate of drug-likeness (QED) is 0.256. The molecule has 1 aliphatic heterocycles. The van der Waals surface area contributed by atoms with E-state index in [1.54, 1.807) is 18.7 Å². The van der Waals surface area contributed by atoms with Crippen molar-refractivity contribution in [3.63, 3.8) is 0 Å². The molecule has 0 aliphatic carbocycles. The minimum Gasteiger partial charge on any atom is -0.294 e. The van der Waals surface area contributed by atoms with Crippen LogP contribution in [-0.4, -0.2) is 40.7 Å². The third-order valence-corrected chi connectivity index (χ3v) is 3.22. The van der Waals surface area contributed by atoms with E-state index in [1.807, 2.05) is 6.92 Å². The fourth-order valence-electron chi connectivity index (χ4n) is 2.10. The van der Waals surface area contributed by atoms with Gasteiger partial charge in [-0.3, -0.25) is 30.0 Å². The van der Waals surface area contributed by atoms with E-state index in [1.165, 1.54) is 0 Å². The standard InChI is InChI=1S/C11H20N4O3/c1-4-5-7(9(17)14-12)15-6-8(16)13-10(18)11(15,2)3/h7H,4-6,12H2,1-3H3,(H,14,17)(H,13,16,18). The minimum atomic E-state index is -0.916. The van der Waals surface area contributed by atoms with E-state index in [4.69, 9.17) is 5.84 Å². The number of amides is 3. The summed E-state index contributed by atoms with van der Waals surface area (Å²) in [5.41, 5.74) is 1.17. The molecule has 7 heteroatoms. The van der Waals surface area contributed by atoms with Crippen LogP contribution in [0.1, 0.15) is 33.6 Å². The Morgan fingerprint density at radius 3 is 2.67 bits per heavy atom. The number of hydrogen-bond acceptors (Lipinski definition) is 5. The summed E-state index contributed by atoms with van der Waals surface area (Å²) in [5, 5.41) is 2.27. The van der Waals surface area contributed by atoms with Gasteiger partial charge in [0.05, 0.1) is 18.1 Å². The van der Waals surface area contributed by atoms with Crippen LogP contribution in [0.3, 0.4) is 0 Å². The number of carbonyl (C=O) groups is 3. The number of hydrogen-bond donors (Lipinski definition) is 3. The molecule has 1 heterocycles. The molecule has 1 fully saturated rings. The highest BCUT2D eigenvalue weighted by molar-refractivity contribution is 6.03. The average molecular weight is 256 g/mol. The lowest BCUT2D eigenvalue weighted by Gasteiger charge is -2.43. The number of imide groups is 1. The van der Waals surface area contributed by atoms with E-state index < -0.39 is 23.4 Å². The molecule has 7 nitrogen and oxygen atoms in total. The number of rotatable bonds is 4. The van der Waals surface area contributed by atoms with Crippen molar-refractivity contribution in [2.24, 2.45) is 5.84 Å². The zero-order valence-corrected chi connectivity index (χ0v) is 10.9. The van der Waals surface area contributed by atoms with Gasteiger partial charge in [0.25, 0.3) is 5.91 Å². The van der Waals surface area contributed by atoms with E-state index >= 15 is 0 Å². The molecule has 4 N–H and O–H groups in total. The van der Waals surface area contributed by atoms with Crippen molar-refractivity contribution < 1.29 is 14.4 Å². The maximum absolute atomic E-state index is 11.8. The molecule has 1 atom stereocenters. The van der Waals surface area contributed by atoms with Gasteiger partial charge < -0.3 is 0 Å². The van der Waals surface area contributed by atoms with Crippen molar-refractivity contribution in [1.82, 2.24) is 15.6 Å². The largest absolute Gasteiger partial charge is 0.294 e. The predicted octanol–water partition coefficient (Wildman–Crippen LogP) is -1.12. The monoisotopic (exact) mass is 256 g/mol. The van der Waals surface area contributed by atoms with Crippen LogP contribution in [0.15, 0.2) is 0 Å². The highest BCUT2D eigenvalue weighted by Crippen LogP contribution is 2.23. The molecule has 1 aliphatic rings. The first-order valence-corrected chi connectivity index (χ1v) is 5.96. The second-order valence-electron chi connectivity index (χ2n) is 4.88. The minimum absolute atomic E-state index is 0.0107. The summed E-state index contributed by atoms with van der Waals surface area (Å²) in [6.45, 7) is 5.30. The van der Waals surface area contributed by atoms with Crippen molar-refractivity contribution in [2.75, 3.05) is 6.54 Å². The maximum Gasteiger partial charge on any atom is 0.251 e. The van der Waals surface area contributed by atoms with Gasteiger partial charge in [-0.2, -0.15) is 0 Å². The lowest BCUT2D eigenvalue weighted by atomic mass is 9.94. The number of carbonyl (C=O) groups excluding carboxylic acids is 3. The molecule has 0 aromatic carbocycles. The Kier molecular flexibility index (Phi) is 4.42. The fourth-order valence-corrected chi connectivity index (χ4v) is 2.10. The van der Waals surface area contributed by atoms with Gasteiger partial charge in [0.15, 0.2) is 0 Å². The second-order valence-corrected chi connectivity index (χ2v) is 4.88. The van der Waals surface area contributed by atoms with Crippen molar-refractivity contribution in [2.45, 2.75) is 45.2 Å². The Hall–Kier alpha value is -1.47. The van der Waals surface area contributed by atoms with E-state index in [0.717, 1.165) is 6.42 Å². The molecule has 1 saturated heterocycles. The van der Waals surface area contributed by atoms with E-state index in [-0.39, 0.29) is 12.5 Å². The molecule has 0 aromatic heterocycles. The maximum atomic E-state index is 11.8. The third-order valence-electron chi connectivity index (χ3n) is 3.22. The lowest BCUT2D eigenvalue weighted by Crippen LogP contribution is -2.68. The van der Waals surface area contributed by atoms with Crippen molar-refractivity contribution in [1.29, 1.82) is 0 Å². The molecule has 1 unspecified atom stereocenters. The highest BCUT2D eigenvalue weighted by Gasteiger charge is 2.45. The molecule has 0 saturated carbocycles. The van der Waals surface area contributed by atoms with Gasteiger partial charge in [0, 0.05) is 0 Å². The molecular weight excluding hydrogens is 236 g/mol. The first kappa shape index (κ1) is 14.6. The summed E-state index contributed by atoms with van der Waals surface area (Å²) in [6.07, 6.45) is 1.29. The van der Waals surface area contributed by atoms with E-state index in [9.17, 15) is 14.4 Å². The fraction of sp³-hybridized carbons (Fsp3) is 0.727. The molecule has 102 valence electrons. The number of nitrogens with one attached hydrogen (secondary N) is 2. The zero-order chi connectivity index (χ0) is 13.9. The van der Waals surface area contributed by atoms with Crippen LogP contribution in [0.25, 0.3) is 0 Å². The van der Waals surface area contributed by atoms with Gasteiger partial charge in [-0.25, -0.2) is 5.84 Å². The molecule has 18 heavy (non-hydrogen) atoms. The summed E-state index contributed by atoms with van der Waals surface area (Å²) >= 11 is 0. The normalized spacial score (nSPS) is 21.3. The first-order chi connectivity index (χ1) is 8.34. The van der Waals surface area contributed by atoms with Crippen molar-refractivity contribution in [3.8, 4) is 0 Å². The summed E-state index contributed by atoms with van der Waals surface area (Å²) in [5.74, 6) is 3.98. The molecule has 1 rings (SSSR count). The SMILES string of the molecule is CCCC(C(=O)NN)N1CC(=O)NC(=O)C1(C)C. The summed E-state index contributed by atoms with van der Waals surface area (Å²) in [4.78, 5) is 36.7. The zero-order valence-electron chi connectivity index (χ0n) is 10.9. The molecule has 0 aromatic rings. The molecule has 0 bridgehead atoms. The third kappa shape index (κ3) is 2.68. The van der Waals surface area contributed by atoms with Crippen LogP contribution in [-0.2, 0) is 14.4 Å². The summed E-state index contributed by atoms with van der Waals surface area (Å²) < 4.78 is 0. The van der Waals surface area contributed by atoms with Crippen LogP contribution >= 0.6 is 0 Å². The molecule has 3 amide bonds. The number of piperazine rings is 1. The lowest BCUT2D eigenvalue weighted by molar-refractivity contribution is -0.150. The van der Waals surface area contributed by atoms with Crippen LogP contribution in [0.5, 0.6) is 0 Å². The predicted molar refractivity (Wildman–Crippen MR) is 65.0 cm³/mol. The van der Waals surface area contributed by atoms with Gasteiger partial charge in [-0.1, -0.05) is 13.3 Å². The van der Waals surface area contributed by atoms with Crippen molar-refractivity contribution in [3.05, 3.63) is 0 Å². The van der Waals surface area contributed by atoms with Gasteiger partial charge >= 0.3 is 0 Å². The highest BCUT2D eigenvalue weighted by atomic mass is 16.2. The van der Waals surface area contributed by atoms with Crippen LogP contribution in [0.2, 0.25) is 0 Å². The van der Waals surface area contributed by atoms with Gasteiger partial charge in [0.2, 0.25) is 11.8 Å². The Morgan fingerprint density at radius 1 is 1.56 bits per heavy atom. The summed E-state index contributed by atoms with van der Waals surface area (Å²) in [7, 11) is 0. The Morgan fingerprint density at radius 2 is 2.17 bits per heavy atom. The van der Waals surface area contributed by atoms with Gasteiger partial charge in [0.1, 0.15) is 0 Å². The Bertz CT molecular complexity index is 367. The van der Waals surface area contributed by atoms with E-state index in [0.29, 0.717) is 6.42 Å². The van der Waals surface area contributed by atoms with Crippen molar-refractivity contribution >= 4 is 17.7 Å². The summed E-state index contributed by atoms with van der Waals surface area (Å²) in [6, 6.07) is -0.579. The van der Waals surface area contributed by atoms with Crippen LogP contribution in [0.4, 0.5) is 0 Å². The Labute approximate surface area is 106 Å². The number of nitrogens with two attached hydrogens (primary N) is 1. The Balaban J connectivity index is 3.03. The second kappa shape index (κ2) is 5.45. The first-order valence-electron chi connectivity index (χ1n) is 5.96. The number of hydrazine groups is 1. The van der Waals surface area contributed by atoms with Gasteiger partial charge in [-0.05, 0) is 20.3 Å². The molecule has 0 spiro atoms. The number of nitrogens with zero attached hydrogens (tertiary/aromatic N) is 1. The van der Waals surface area contributed by atoms with Crippen LogP contribution in [0, 0.1) is 0 Å². The molecule has 0 radical (unpaired) electrons. The topological polar surface area (TPSA) is 105 Å². The van der Waals surface area contributed by atoms with E-state index in [2.05, 4.69) is 10.7 Å². The van der Waals surface area contributed by atoms with Gasteiger partial charge in [-0.15, -0.1) is 0 Å².